The van der Waals surface area contributed by atoms with E-state index in [9.17, 15) is 18.3 Å². The van der Waals surface area contributed by atoms with E-state index in [-0.39, 0.29) is 42.0 Å². The molecule has 0 atom stereocenters. The fourth-order valence-electron chi connectivity index (χ4n) is 3.64. The van der Waals surface area contributed by atoms with Crippen molar-refractivity contribution in [1.82, 2.24) is 9.29 Å². The van der Waals surface area contributed by atoms with Crippen LogP contribution in [-0.4, -0.2) is 36.0 Å². The first kappa shape index (κ1) is 24.2. The van der Waals surface area contributed by atoms with E-state index in [0.717, 1.165) is 27.6 Å². The van der Waals surface area contributed by atoms with Crippen molar-refractivity contribution >= 4 is 20.9 Å². The van der Waals surface area contributed by atoms with Gasteiger partial charge in [0.25, 0.3) is 5.56 Å². The van der Waals surface area contributed by atoms with Crippen LogP contribution in [0.2, 0.25) is 0 Å². The van der Waals surface area contributed by atoms with E-state index in [1.54, 1.807) is 18.2 Å². The summed E-state index contributed by atoms with van der Waals surface area (Å²) < 4.78 is 28.1. The van der Waals surface area contributed by atoms with Crippen molar-refractivity contribution in [2.24, 2.45) is 0 Å². The summed E-state index contributed by atoms with van der Waals surface area (Å²) in [4.78, 5) is 15.8. The molecule has 0 bridgehead atoms. The number of aromatic amines is 1. The molecular weight excluding hydrogens is 424 g/mol. The van der Waals surface area contributed by atoms with E-state index < -0.39 is 10.0 Å². The number of sulfonamides is 1. The Kier molecular flexibility index (Phi) is 6.93. The van der Waals surface area contributed by atoms with E-state index >= 15 is 0 Å². The molecule has 0 unspecified atom stereocenters. The van der Waals surface area contributed by atoms with Crippen LogP contribution in [0.5, 0.6) is 0 Å². The van der Waals surface area contributed by atoms with Crippen LogP contribution in [0.1, 0.15) is 49.4 Å². The molecule has 2 N–H and O–H groups in total. The van der Waals surface area contributed by atoms with Crippen molar-refractivity contribution in [2.45, 2.75) is 57.9 Å². The number of aryl methyl sites for hydroxylation is 2. The fraction of sp³-hybridized carbons (Fsp3) is 0.400. The summed E-state index contributed by atoms with van der Waals surface area (Å²) in [7, 11) is -3.85. The lowest BCUT2D eigenvalue weighted by Crippen LogP contribution is -2.34. The number of H-pyrrole nitrogens is 1. The third kappa shape index (κ3) is 5.11. The van der Waals surface area contributed by atoms with Crippen molar-refractivity contribution < 1.29 is 13.5 Å². The highest BCUT2D eigenvalue weighted by atomic mass is 32.2. The van der Waals surface area contributed by atoms with Gasteiger partial charge in [-0.1, -0.05) is 32.9 Å². The molecule has 3 rings (SSSR count). The molecule has 6 nitrogen and oxygen atoms in total. The number of aromatic nitrogens is 1. The Balaban J connectivity index is 2.00. The monoisotopic (exact) mass is 456 g/mol. The number of fused-ring (bicyclic) bond motifs is 1. The SMILES string of the molecule is Cc1cc2cc(CN(CCCO)S(=O)(=O)c3ccc(C(C)(C)C)cc3)c(=O)[nH]c2cc1C. The minimum atomic E-state index is -3.85. The van der Waals surface area contributed by atoms with E-state index in [4.69, 9.17) is 0 Å². The predicted molar refractivity (Wildman–Crippen MR) is 128 cm³/mol. The molecule has 1 aromatic heterocycles. The van der Waals surface area contributed by atoms with Gasteiger partial charge < -0.3 is 10.1 Å². The number of nitrogens with one attached hydrogen (secondary N) is 1. The molecule has 0 saturated heterocycles. The zero-order valence-corrected chi connectivity index (χ0v) is 20.2. The summed E-state index contributed by atoms with van der Waals surface area (Å²) in [5.74, 6) is 0. The van der Waals surface area contributed by atoms with Crippen molar-refractivity contribution in [1.29, 1.82) is 0 Å². The zero-order valence-electron chi connectivity index (χ0n) is 19.4. The maximum atomic E-state index is 13.4. The van der Waals surface area contributed by atoms with Gasteiger partial charge in [-0.05, 0) is 78.1 Å². The highest BCUT2D eigenvalue weighted by Gasteiger charge is 2.26. The smallest absolute Gasteiger partial charge is 0.252 e. The van der Waals surface area contributed by atoms with Crippen LogP contribution in [0.15, 0.2) is 52.2 Å². The molecule has 7 heteroatoms. The summed E-state index contributed by atoms with van der Waals surface area (Å²) in [6.07, 6.45) is 0.281. The van der Waals surface area contributed by atoms with Crippen LogP contribution in [-0.2, 0) is 22.0 Å². The quantitative estimate of drug-likeness (QED) is 0.562. The number of aliphatic hydroxyl groups excluding tert-OH is 1. The molecule has 0 amide bonds. The number of aliphatic hydroxyl groups is 1. The minimum absolute atomic E-state index is 0.0679. The van der Waals surface area contributed by atoms with Gasteiger partial charge in [0.15, 0.2) is 0 Å². The van der Waals surface area contributed by atoms with Gasteiger partial charge in [-0.2, -0.15) is 4.31 Å². The highest BCUT2D eigenvalue weighted by molar-refractivity contribution is 7.89. The van der Waals surface area contributed by atoms with Crippen LogP contribution >= 0.6 is 0 Å². The molecule has 172 valence electrons. The molecule has 0 saturated carbocycles. The van der Waals surface area contributed by atoms with E-state index in [1.165, 1.54) is 4.31 Å². The molecule has 0 spiro atoms. The highest BCUT2D eigenvalue weighted by Crippen LogP contribution is 2.26. The number of rotatable bonds is 7. The van der Waals surface area contributed by atoms with Crippen molar-refractivity contribution in [3.8, 4) is 0 Å². The number of pyridine rings is 1. The Morgan fingerprint density at radius 3 is 2.22 bits per heavy atom. The Bertz CT molecular complexity index is 1270. The van der Waals surface area contributed by atoms with Crippen LogP contribution in [0, 0.1) is 13.8 Å². The lowest BCUT2D eigenvalue weighted by Gasteiger charge is -2.23. The molecular formula is C25H32N2O4S. The largest absolute Gasteiger partial charge is 0.396 e. The molecule has 0 aliphatic carbocycles. The number of hydrogen-bond acceptors (Lipinski definition) is 4. The summed E-state index contributed by atoms with van der Waals surface area (Å²) >= 11 is 0. The lowest BCUT2D eigenvalue weighted by atomic mass is 9.87. The van der Waals surface area contributed by atoms with Crippen LogP contribution in [0.25, 0.3) is 10.9 Å². The van der Waals surface area contributed by atoms with Gasteiger partial charge in [-0.25, -0.2) is 8.42 Å². The number of benzene rings is 2. The maximum absolute atomic E-state index is 13.4. The first-order valence-corrected chi connectivity index (χ1v) is 12.2. The van der Waals surface area contributed by atoms with Gasteiger partial charge in [0, 0.05) is 30.8 Å². The first-order valence-electron chi connectivity index (χ1n) is 10.8. The van der Waals surface area contributed by atoms with Gasteiger partial charge in [-0.15, -0.1) is 0 Å². The van der Waals surface area contributed by atoms with Crippen molar-refractivity contribution in [3.05, 3.63) is 75.1 Å². The topological polar surface area (TPSA) is 90.5 Å². The average Bonchev–Trinajstić information content (AvgIpc) is 2.72. The van der Waals surface area contributed by atoms with Gasteiger partial charge in [0.1, 0.15) is 0 Å². The standard InChI is InChI=1S/C25H32N2O4S/c1-17-13-19-15-20(24(29)26-23(19)14-18(17)2)16-27(11-6-12-28)32(30,31)22-9-7-21(8-10-22)25(3,4)5/h7-10,13-15,28H,6,11-12,16H2,1-5H3,(H,26,29). The summed E-state index contributed by atoms with van der Waals surface area (Å²) in [6, 6.07) is 12.5. The second kappa shape index (κ2) is 9.17. The summed E-state index contributed by atoms with van der Waals surface area (Å²) in [6.45, 7) is 10.1. The Labute approximate surface area is 190 Å². The van der Waals surface area contributed by atoms with E-state index in [1.807, 2.05) is 38.1 Å². The molecule has 0 fully saturated rings. The molecule has 0 aliphatic rings. The molecule has 1 heterocycles. The molecule has 0 aliphatic heterocycles. The Hall–Kier alpha value is -2.48. The predicted octanol–water partition coefficient (Wildman–Crippen LogP) is 4.02. The van der Waals surface area contributed by atoms with E-state index in [2.05, 4.69) is 25.8 Å². The van der Waals surface area contributed by atoms with Crippen LogP contribution < -0.4 is 5.56 Å². The first-order chi connectivity index (χ1) is 14.9. The van der Waals surface area contributed by atoms with Gasteiger partial charge in [0.05, 0.1) is 4.90 Å². The Morgan fingerprint density at radius 2 is 1.62 bits per heavy atom. The van der Waals surface area contributed by atoms with Crippen LogP contribution in [0.3, 0.4) is 0 Å². The van der Waals surface area contributed by atoms with Gasteiger partial charge in [0.2, 0.25) is 10.0 Å². The fourth-order valence-corrected chi connectivity index (χ4v) is 5.09. The third-order valence-electron chi connectivity index (χ3n) is 5.81. The third-order valence-corrected chi connectivity index (χ3v) is 7.67. The van der Waals surface area contributed by atoms with E-state index in [0.29, 0.717) is 5.56 Å². The number of nitrogens with zero attached hydrogens (tertiary/aromatic N) is 1. The zero-order chi connectivity index (χ0) is 23.7. The maximum Gasteiger partial charge on any atom is 0.252 e. The Morgan fingerprint density at radius 1 is 1.00 bits per heavy atom. The second-order valence-electron chi connectivity index (χ2n) is 9.34. The second-order valence-corrected chi connectivity index (χ2v) is 11.3. The van der Waals surface area contributed by atoms with Crippen molar-refractivity contribution in [2.75, 3.05) is 13.2 Å². The molecule has 2 aromatic carbocycles. The lowest BCUT2D eigenvalue weighted by molar-refractivity contribution is 0.267. The summed E-state index contributed by atoms with van der Waals surface area (Å²) in [5, 5.41) is 10.2. The summed E-state index contributed by atoms with van der Waals surface area (Å²) in [5.41, 5.74) is 3.90. The van der Waals surface area contributed by atoms with Gasteiger partial charge in [-0.3, -0.25) is 4.79 Å². The average molecular weight is 457 g/mol. The normalized spacial score (nSPS) is 12.6. The van der Waals surface area contributed by atoms with Gasteiger partial charge >= 0.3 is 0 Å². The molecule has 32 heavy (non-hydrogen) atoms. The number of hydrogen-bond donors (Lipinski definition) is 2. The van der Waals surface area contributed by atoms with Crippen molar-refractivity contribution in [3.63, 3.8) is 0 Å². The minimum Gasteiger partial charge on any atom is -0.396 e. The molecule has 3 aromatic rings. The van der Waals surface area contributed by atoms with Crippen LogP contribution in [0.4, 0.5) is 0 Å². The molecule has 0 radical (unpaired) electrons.